The Morgan fingerprint density at radius 1 is 1.41 bits per heavy atom. The molecule has 0 amide bonds. The van der Waals surface area contributed by atoms with Crippen LogP contribution in [0.5, 0.6) is 0 Å². The van der Waals surface area contributed by atoms with E-state index in [2.05, 4.69) is 44.9 Å². The monoisotopic (exact) mass is 276 g/mol. The van der Waals surface area contributed by atoms with Crippen LogP contribution in [0.1, 0.15) is 44.0 Å². The largest absolute Gasteiger partial charge is 0.311 e. The molecule has 0 saturated heterocycles. The van der Waals surface area contributed by atoms with Gasteiger partial charge in [0.1, 0.15) is 0 Å². The molecular weight excluding hydrogens is 252 g/mol. The maximum atomic E-state index is 4.26. The predicted octanol–water partition coefficient (Wildman–Crippen LogP) is 4.04. The molecule has 0 saturated carbocycles. The SMILES string of the molecule is Cc1ncc(CNCC(C)(C)CC(C)C)s1.Cl. The van der Waals surface area contributed by atoms with Gasteiger partial charge >= 0.3 is 0 Å². The maximum Gasteiger partial charge on any atom is 0.0897 e. The Morgan fingerprint density at radius 3 is 2.53 bits per heavy atom. The summed E-state index contributed by atoms with van der Waals surface area (Å²) in [5.41, 5.74) is 0.383. The Kier molecular flexibility index (Phi) is 7.29. The molecule has 0 radical (unpaired) electrons. The second-order valence-electron chi connectivity index (χ2n) is 5.71. The van der Waals surface area contributed by atoms with E-state index >= 15 is 0 Å². The summed E-state index contributed by atoms with van der Waals surface area (Å²) < 4.78 is 0. The lowest BCUT2D eigenvalue weighted by Crippen LogP contribution is -2.30. The van der Waals surface area contributed by atoms with Gasteiger partial charge in [-0.25, -0.2) is 4.98 Å². The highest BCUT2D eigenvalue weighted by Gasteiger charge is 2.18. The smallest absolute Gasteiger partial charge is 0.0897 e. The van der Waals surface area contributed by atoms with Crippen molar-refractivity contribution < 1.29 is 0 Å². The van der Waals surface area contributed by atoms with Crippen molar-refractivity contribution in [3.05, 3.63) is 16.1 Å². The van der Waals surface area contributed by atoms with Crippen LogP contribution >= 0.6 is 23.7 Å². The molecule has 1 heterocycles. The summed E-state index contributed by atoms with van der Waals surface area (Å²) in [7, 11) is 0. The Bertz CT molecular complexity index is 321. The Balaban J connectivity index is 0.00000256. The van der Waals surface area contributed by atoms with Gasteiger partial charge in [0.15, 0.2) is 0 Å². The predicted molar refractivity (Wildman–Crippen MR) is 79.0 cm³/mol. The van der Waals surface area contributed by atoms with E-state index in [0.29, 0.717) is 5.41 Å². The van der Waals surface area contributed by atoms with Crippen LogP contribution in [0.25, 0.3) is 0 Å². The first-order chi connectivity index (χ1) is 7.39. The molecule has 17 heavy (non-hydrogen) atoms. The minimum Gasteiger partial charge on any atom is -0.311 e. The summed E-state index contributed by atoms with van der Waals surface area (Å²) in [5.74, 6) is 0.766. The second kappa shape index (κ2) is 7.34. The van der Waals surface area contributed by atoms with E-state index in [0.717, 1.165) is 24.0 Å². The van der Waals surface area contributed by atoms with Gasteiger partial charge in [-0.3, -0.25) is 0 Å². The minimum absolute atomic E-state index is 0. The van der Waals surface area contributed by atoms with Crippen LogP contribution in [-0.2, 0) is 6.54 Å². The molecule has 0 aliphatic heterocycles. The zero-order chi connectivity index (χ0) is 12.2. The van der Waals surface area contributed by atoms with Gasteiger partial charge in [0.2, 0.25) is 0 Å². The molecule has 1 aromatic rings. The molecule has 4 heteroatoms. The summed E-state index contributed by atoms with van der Waals surface area (Å²) in [6.07, 6.45) is 3.24. The summed E-state index contributed by atoms with van der Waals surface area (Å²) in [5, 5.41) is 4.68. The van der Waals surface area contributed by atoms with E-state index in [4.69, 9.17) is 0 Å². The van der Waals surface area contributed by atoms with E-state index in [1.54, 1.807) is 11.3 Å². The average molecular weight is 277 g/mol. The summed E-state index contributed by atoms with van der Waals surface area (Å²) in [6, 6.07) is 0. The number of aromatic nitrogens is 1. The summed E-state index contributed by atoms with van der Waals surface area (Å²) in [6.45, 7) is 13.3. The zero-order valence-corrected chi connectivity index (χ0v) is 13.2. The van der Waals surface area contributed by atoms with E-state index in [9.17, 15) is 0 Å². The van der Waals surface area contributed by atoms with Crippen molar-refractivity contribution in [2.24, 2.45) is 11.3 Å². The molecule has 0 spiro atoms. The highest BCUT2D eigenvalue weighted by molar-refractivity contribution is 7.11. The molecule has 2 nitrogen and oxygen atoms in total. The van der Waals surface area contributed by atoms with E-state index in [1.807, 2.05) is 6.20 Å². The second-order valence-corrected chi connectivity index (χ2v) is 7.03. The zero-order valence-electron chi connectivity index (χ0n) is 11.5. The van der Waals surface area contributed by atoms with Crippen molar-refractivity contribution in [2.45, 2.75) is 47.6 Å². The fourth-order valence-corrected chi connectivity index (χ4v) is 2.95. The fourth-order valence-electron chi connectivity index (χ4n) is 2.19. The topological polar surface area (TPSA) is 24.9 Å². The molecule has 0 fully saturated rings. The van der Waals surface area contributed by atoms with Gasteiger partial charge in [0.05, 0.1) is 5.01 Å². The molecule has 0 bridgehead atoms. The van der Waals surface area contributed by atoms with E-state index in [-0.39, 0.29) is 12.4 Å². The molecule has 100 valence electrons. The average Bonchev–Trinajstić information content (AvgIpc) is 2.48. The van der Waals surface area contributed by atoms with Crippen molar-refractivity contribution in [1.29, 1.82) is 0 Å². The maximum absolute atomic E-state index is 4.26. The van der Waals surface area contributed by atoms with Gasteiger partial charge in [0.25, 0.3) is 0 Å². The third-order valence-electron chi connectivity index (χ3n) is 2.53. The molecule has 0 aliphatic carbocycles. The minimum atomic E-state index is 0. The van der Waals surface area contributed by atoms with Crippen LogP contribution < -0.4 is 5.32 Å². The Hall–Kier alpha value is -0.120. The van der Waals surface area contributed by atoms with Crippen LogP contribution in [0.3, 0.4) is 0 Å². The van der Waals surface area contributed by atoms with Gasteiger partial charge in [0, 0.05) is 24.2 Å². The Labute approximate surface area is 116 Å². The van der Waals surface area contributed by atoms with Crippen molar-refractivity contribution in [3.63, 3.8) is 0 Å². The molecule has 0 aliphatic rings. The number of thiazole rings is 1. The molecule has 1 aromatic heterocycles. The lowest BCUT2D eigenvalue weighted by Gasteiger charge is -2.26. The number of rotatable bonds is 6. The molecule has 0 unspecified atom stereocenters. The summed E-state index contributed by atoms with van der Waals surface area (Å²) >= 11 is 1.78. The number of nitrogens with zero attached hydrogens (tertiary/aromatic N) is 1. The van der Waals surface area contributed by atoms with Crippen LogP contribution in [0.2, 0.25) is 0 Å². The number of hydrogen-bond donors (Lipinski definition) is 1. The number of nitrogens with one attached hydrogen (secondary N) is 1. The van der Waals surface area contributed by atoms with Crippen LogP contribution in [-0.4, -0.2) is 11.5 Å². The normalized spacial score (nSPS) is 11.6. The van der Waals surface area contributed by atoms with Crippen LogP contribution in [0.15, 0.2) is 6.20 Å². The first kappa shape index (κ1) is 16.9. The van der Waals surface area contributed by atoms with Crippen molar-refractivity contribution >= 4 is 23.7 Å². The molecule has 0 atom stereocenters. The van der Waals surface area contributed by atoms with Crippen LogP contribution in [0, 0.1) is 18.3 Å². The third kappa shape index (κ3) is 7.02. The van der Waals surface area contributed by atoms with Crippen molar-refractivity contribution in [2.75, 3.05) is 6.54 Å². The first-order valence-corrected chi connectivity index (χ1v) is 6.83. The lowest BCUT2D eigenvalue weighted by molar-refractivity contribution is 0.273. The highest BCUT2D eigenvalue weighted by Crippen LogP contribution is 2.24. The molecule has 1 N–H and O–H groups in total. The van der Waals surface area contributed by atoms with Gasteiger partial charge in [-0.05, 0) is 24.7 Å². The molecule has 1 rings (SSSR count). The fraction of sp³-hybridized carbons (Fsp3) is 0.769. The van der Waals surface area contributed by atoms with Gasteiger partial charge < -0.3 is 5.32 Å². The molecule has 0 aromatic carbocycles. The summed E-state index contributed by atoms with van der Waals surface area (Å²) in [4.78, 5) is 5.59. The van der Waals surface area contributed by atoms with Crippen molar-refractivity contribution in [3.8, 4) is 0 Å². The quantitative estimate of drug-likeness (QED) is 0.848. The molecular formula is C13H25ClN2S. The van der Waals surface area contributed by atoms with Gasteiger partial charge in [-0.15, -0.1) is 23.7 Å². The number of hydrogen-bond acceptors (Lipinski definition) is 3. The number of aryl methyl sites for hydroxylation is 1. The van der Waals surface area contributed by atoms with E-state index < -0.39 is 0 Å². The first-order valence-electron chi connectivity index (χ1n) is 6.01. The van der Waals surface area contributed by atoms with Crippen LogP contribution in [0.4, 0.5) is 0 Å². The highest BCUT2D eigenvalue weighted by atomic mass is 35.5. The van der Waals surface area contributed by atoms with E-state index in [1.165, 1.54) is 11.3 Å². The third-order valence-corrected chi connectivity index (χ3v) is 3.45. The van der Waals surface area contributed by atoms with Gasteiger partial charge in [-0.1, -0.05) is 27.7 Å². The van der Waals surface area contributed by atoms with Crippen molar-refractivity contribution in [1.82, 2.24) is 10.3 Å². The number of halogens is 1. The van der Waals surface area contributed by atoms with Gasteiger partial charge in [-0.2, -0.15) is 0 Å². The Morgan fingerprint density at radius 2 is 2.06 bits per heavy atom. The standard InChI is InChI=1S/C13H24N2S.ClH/c1-10(2)6-13(4,5)9-14-7-12-8-15-11(3)16-12;/h8,10,14H,6-7,9H2,1-5H3;1H. The lowest BCUT2D eigenvalue weighted by atomic mass is 9.84.